The lowest BCUT2D eigenvalue weighted by molar-refractivity contribution is 0.0215. The molecule has 4 rings (SSSR count). The number of likely N-dealkylation sites (N-methyl/N-ethyl adjacent to an activating group) is 1. The van der Waals surface area contributed by atoms with Gasteiger partial charge in [0.1, 0.15) is 0 Å². The molecule has 3 aromatic rings. The van der Waals surface area contributed by atoms with Gasteiger partial charge in [-0.2, -0.15) is 0 Å². The number of nitrogens with zero attached hydrogens (tertiary/aromatic N) is 3. The van der Waals surface area contributed by atoms with Crippen LogP contribution in [0.2, 0.25) is 0 Å². The SMILES string of the molecule is CN(CC1CCCCO1)c1nc2ccccc2nc1NS(=O)(=O)c1ccccc1. The Bertz CT molecular complexity index is 1080. The first-order valence-corrected chi connectivity index (χ1v) is 11.2. The predicted octanol–water partition coefficient (Wildman–Crippen LogP) is 3.44. The van der Waals surface area contributed by atoms with Crippen molar-refractivity contribution in [3.05, 3.63) is 54.6 Å². The summed E-state index contributed by atoms with van der Waals surface area (Å²) in [6, 6.07) is 15.7. The second-order valence-corrected chi connectivity index (χ2v) is 8.85. The van der Waals surface area contributed by atoms with E-state index >= 15 is 0 Å². The second kappa shape index (κ2) is 8.34. The van der Waals surface area contributed by atoms with Crippen molar-refractivity contribution in [3.8, 4) is 0 Å². The van der Waals surface area contributed by atoms with Crippen LogP contribution in [-0.2, 0) is 14.8 Å². The van der Waals surface area contributed by atoms with Crippen molar-refractivity contribution in [2.75, 3.05) is 29.8 Å². The molecule has 1 aliphatic rings. The van der Waals surface area contributed by atoms with Gasteiger partial charge in [0.2, 0.25) is 0 Å². The van der Waals surface area contributed by atoms with Gasteiger partial charge in [-0.1, -0.05) is 30.3 Å². The third-order valence-corrected chi connectivity index (χ3v) is 6.30. The van der Waals surface area contributed by atoms with Gasteiger partial charge in [-0.25, -0.2) is 18.4 Å². The number of ether oxygens (including phenoxy) is 1. The second-order valence-electron chi connectivity index (χ2n) is 7.17. The van der Waals surface area contributed by atoms with Crippen LogP contribution in [0, 0.1) is 0 Å². The molecule has 1 aromatic heterocycles. The van der Waals surface area contributed by atoms with Crippen LogP contribution in [0.5, 0.6) is 0 Å². The highest BCUT2D eigenvalue weighted by Gasteiger charge is 2.23. The van der Waals surface area contributed by atoms with Gasteiger partial charge in [-0.3, -0.25) is 4.72 Å². The lowest BCUT2D eigenvalue weighted by Gasteiger charge is -2.29. The smallest absolute Gasteiger partial charge is 0.263 e. The van der Waals surface area contributed by atoms with Crippen molar-refractivity contribution >= 4 is 32.7 Å². The lowest BCUT2D eigenvalue weighted by atomic mass is 10.1. The normalized spacial score (nSPS) is 17.2. The topological polar surface area (TPSA) is 84.4 Å². The average Bonchev–Trinajstić information content (AvgIpc) is 2.74. The van der Waals surface area contributed by atoms with Crippen LogP contribution in [0.1, 0.15) is 19.3 Å². The van der Waals surface area contributed by atoms with Gasteiger partial charge in [-0.15, -0.1) is 0 Å². The molecule has 7 nitrogen and oxygen atoms in total. The van der Waals surface area contributed by atoms with Gasteiger partial charge in [0.15, 0.2) is 11.6 Å². The Balaban J connectivity index is 1.70. The number of benzene rings is 2. The number of sulfonamides is 1. The Morgan fingerprint density at radius 1 is 1.03 bits per heavy atom. The number of nitrogens with one attached hydrogen (secondary N) is 1. The molecule has 0 amide bonds. The van der Waals surface area contributed by atoms with Gasteiger partial charge in [-0.05, 0) is 43.5 Å². The molecular formula is C21H24N4O3S. The zero-order valence-electron chi connectivity index (χ0n) is 16.3. The summed E-state index contributed by atoms with van der Waals surface area (Å²) in [6.45, 7) is 1.38. The number of anilines is 2. The van der Waals surface area contributed by atoms with Crippen LogP contribution in [-0.4, -0.2) is 44.7 Å². The Morgan fingerprint density at radius 3 is 2.41 bits per heavy atom. The van der Waals surface area contributed by atoms with E-state index in [-0.39, 0.29) is 16.8 Å². The summed E-state index contributed by atoms with van der Waals surface area (Å²) in [7, 11) is -1.90. The van der Waals surface area contributed by atoms with E-state index in [0.29, 0.717) is 23.4 Å². The first-order valence-electron chi connectivity index (χ1n) is 9.70. The van der Waals surface area contributed by atoms with E-state index in [1.54, 1.807) is 30.3 Å². The van der Waals surface area contributed by atoms with Crippen LogP contribution < -0.4 is 9.62 Å². The van der Waals surface area contributed by atoms with E-state index in [0.717, 1.165) is 25.9 Å². The highest BCUT2D eigenvalue weighted by molar-refractivity contribution is 7.92. The van der Waals surface area contributed by atoms with Gasteiger partial charge < -0.3 is 9.64 Å². The van der Waals surface area contributed by atoms with E-state index < -0.39 is 10.0 Å². The molecule has 1 aliphatic heterocycles. The van der Waals surface area contributed by atoms with Crippen LogP contribution >= 0.6 is 0 Å². The van der Waals surface area contributed by atoms with Crippen molar-refractivity contribution in [2.45, 2.75) is 30.3 Å². The highest BCUT2D eigenvalue weighted by atomic mass is 32.2. The minimum absolute atomic E-state index is 0.0978. The molecule has 1 fully saturated rings. The summed E-state index contributed by atoms with van der Waals surface area (Å²) in [6.07, 6.45) is 3.30. The fraction of sp³-hybridized carbons (Fsp3) is 0.333. The zero-order chi connectivity index (χ0) is 20.3. The van der Waals surface area contributed by atoms with E-state index in [9.17, 15) is 8.42 Å². The maximum Gasteiger partial charge on any atom is 0.263 e. The summed E-state index contributed by atoms with van der Waals surface area (Å²) in [5, 5.41) is 0. The Hall–Kier alpha value is -2.71. The Morgan fingerprint density at radius 2 is 1.72 bits per heavy atom. The fourth-order valence-electron chi connectivity index (χ4n) is 3.45. The predicted molar refractivity (Wildman–Crippen MR) is 114 cm³/mol. The Kier molecular flexibility index (Phi) is 5.64. The van der Waals surface area contributed by atoms with Crippen LogP contribution in [0.25, 0.3) is 11.0 Å². The third kappa shape index (κ3) is 4.49. The largest absolute Gasteiger partial charge is 0.376 e. The molecule has 29 heavy (non-hydrogen) atoms. The highest BCUT2D eigenvalue weighted by Crippen LogP contribution is 2.27. The number of hydrogen-bond donors (Lipinski definition) is 1. The molecule has 0 spiro atoms. The molecule has 0 radical (unpaired) electrons. The van der Waals surface area contributed by atoms with Crippen molar-refractivity contribution in [1.82, 2.24) is 9.97 Å². The summed E-state index contributed by atoms with van der Waals surface area (Å²) < 4.78 is 34.2. The maximum absolute atomic E-state index is 12.9. The molecule has 8 heteroatoms. The summed E-state index contributed by atoms with van der Waals surface area (Å²) >= 11 is 0. The first-order chi connectivity index (χ1) is 14.0. The summed E-state index contributed by atoms with van der Waals surface area (Å²) in [5.41, 5.74) is 1.34. The third-order valence-electron chi connectivity index (χ3n) is 4.95. The van der Waals surface area contributed by atoms with E-state index in [1.807, 2.05) is 36.2 Å². The molecule has 1 atom stereocenters. The van der Waals surface area contributed by atoms with Crippen molar-refractivity contribution in [3.63, 3.8) is 0 Å². The van der Waals surface area contributed by atoms with Crippen LogP contribution in [0.4, 0.5) is 11.6 Å². The quantitative estimate of drug-likeness (QED) is 0.668. The molecule has 1 unspecified atom stereocenters. The standard InChI is InChI=1S/C21H24N4O3S/c1-25(15-16-9-7-8-14-28-16)21-20(22-18-12-5-6-13-19(18)23-21)24-29(26,27)17-10-3-2-4-11-17/h2-6,10-13,16H,7-9,14-15H2,1H3,(H,22,24). The van der Waals surface area contributed by atoms with Crippen molar-refractivity contribution in [1.29, 1.82) is 0 Å². The zero-order valence-corrected chi connectivity index (χ0v) is 17.1. The minimum atomic E-state index is -3.78. The molecule has 152 valence electrons. The van der Waals surface area contributed by atoms with E-state index in [4.69, 9.17) is 9.72 Å². The fourth-order valence-corrected chi connectivity index (χ4v) is 4.48. The number of para-hydroxylation sites is 2. The van der Waals surface area contributed by atoms with E-state index in [1.165, 1.54) is 0 Å². The summed E-state index contributed by atoms with van der Waals surface area (Å²) in [5.74, 6) is 0.697. The van der Waals surface area contributed by atoms with Gasteiger partial charge in [0, 0.05) is 20.2 Å². The van der Waals surface area contributed by atoms with Gasteiger partial charge in [0.05, 0.1) is 22.0 Å². The van der Waals surface area contributed by atoms with Gasteiger partial charge in [0.25, 0.3) is 10.0 Å². The van der Waals surface area contributed by atoms with Crippen LogP contribution in [0.3, 0.4) is 0 Å². The lowest BCUT2D eigenvalue weighted by Crippen LogP contribution is -2.34. The molecule has 1 saturated heterocycles. The molecular weight excluding hydrogens is 388 g/mol. The Labute approximate surface area is 170 Å². The average molecular weight is 413 g/mol. The molecule has 0 aliphatic carbocycles. The number of fused-ring (bicyclic) bond motifs is 1. The maximum atomic E-state index is 12.9. The first kappa shape index (κ1) is 19.6. The number of aromatic nitrogens is 2. The molecule has 0 bridgehead atoms. The number of rotatable bonds is 6. The van der Waals surface area contributed by atoms with Crippen molar-refractivity contribution < 1.29 is 13.2 Å². The number of hydrogen-bond acceptors (Lipinski definition) is 6. The minimum Gasteiger partial charge on any atom is -0.376 e. The van der Waals surface area contributed by atoms with Gasteiger partial charge >= 0.3 is 0 Å². The van der Waals surface area contributed by atoms with Crippen molar-refractivity contribution in [2.24, 2.45) is 0 Å². The molecule has 2 aromatic carbocycles. The van der Waals surface area contributed by atoms with E-state index in [2.05, 4.69) is 9.71 Å². The molecule has 1 N–H and O–H groups in total. The molecule has 0 saturated carbocycles. The molecule has 2 heterocycles. The summed E-state index contributed by atoms with van der Waals surface area (Å²) in [4.78, 5) is 11.4. The van der Waals surface area contributed by atoms with Crippen LogP contribution in [0.15, 0.2) is 59.5 Å². The monoisotopic (exact) mass is 412 g/mol.